The van der Waals surface area contributed by atoms with E-state index in [4.69, 9.17) is 17.3 Å². The number of benzene rings is 1. The van der Waals surface area contributed by atoms with E-state index in [1.165, 1.54) is 6.42 Å². The van der Waals surface area contributed by atoms with Gasteiger partial charge >= 0.3 is 0 Å². The molecule has 0 aromatic heterocycles. The van der Waals surface area contributed by atoms with Crippen LogP contribution in [-0.4, -0.2) is 36.0 Å². The lowest BCUT2D eigenvalue weighted by Gasteiger charge is -2.37. The molecule has 1 aliphatic heterocycles. The summed E-state index contributed by atoms with van der Waals surface area (Å²) in [4.78, 5) is 14.6. The molecule has 2 unspecified atom stereocenters. The van der Waals surface area contributed by atoms with Gasteiger partial charge in [-0.15, -0.1) is 0 Å². The molecule has 22 heavy (non-hydrogen) atoms. The number of halogens is 1. The molecular formula is C17H26ClN3O. The molecule has 1 saturated heterocycles. The van der Waals surface area contributed by atoms with Crippen molar-refractivity contribution in [1.82, 2.24) is 4.90 Å². The third-order valence-corrected chi connectivity index (χ3v) is 4.61. The van der Waals surface area contributed by atoms with Crippen molar-refractivity contribution in [2.45, 2.75) is 52.1 Å². The summed E-state index contributed by atoms with van der Waals surface area (Å²) in [6.45, 7) is 7.27. The number of aryl methyl sites for hydroxylation is 2. The number of nitrogens with one attached hydrogen (secondary N) is 1. The molecule has 5 heteroatoms. The predicted molar refractivity (Wildman–Crippen MR) is 92.4 cm³/mol. The summed E-state index contributed by atoms with van der Waals surface area (Å²) in [5, 5.41) is 3.55. The van der Waals surface area contributed by atoms with Crippen LogP contribution in [0.4, 0.5) is 5.69 Å². The number of hydrogen-bond acceptors (Lipinski definition) is 3. The summed E-state index contributed by atoms with van der Waals surface area (Å²) in [6, 6.07) is 4.26. The van der Waals surface area contributed by atoms with Crippen molar-refractivity contribution < 1.29 is 4.79 Å². The van der Waals surface area contributed by atoms with E-state index < -0.39 is 0 Å². The number of nitrogens with zero attached hydrogens (tertiary/aromatic N) is 1. The number of amides is 1. The normalized spacial score (nSPS) is 20.7. The molecule has 122 valence electrons. The quantitative estimate of drug-likeness (QED) is 0.895. The van der Waals surface area contributed by atoms with Gasteiger partial charge in [0.1, 0.15) is 0 Å². The van der Waals surface area contributed by atoms with E-state index in [0.717, 1.165) is 30.5 Å². The minimum absolute atomic E-state index is 0.0265. The Morgan fingerprint density at radius 3 is 2.82 bits per heavy atom. The van der Waals surface area contributed by atoms with Gasteiger partial charge in [-0.1, -0.05) is 24.1 Å². The van der Waals surface area contributed by atoms with Crippen LogP contribution in [-0.2, 0) is 4.79 Å². The minimum atomic E-state index is -0.0265. The summed E-state index contributed by atoms with van der Waals surface area (Å²) < 4.78 is 0. The largest absolute Gasteiger partial charge is 0.327 e. The van der Waals surface area contributed by atoms with Crippen LogP contribution in [0.1, 0.15) is 37.3 Å². The highest BCUT2D eigenvalue weighted by atomic mass is 35.5. The lowest BCUT2D eigenvalue weighted by atomic mass is 9.97. The van der Waals surface area contributed by atoms with Crippen LogP contribution in [0.3, 0.4) is 0 Å². The standard InChI is InChI=1S/C17H26ClN3O/c1-11-8-12(2)17(14(18)9-11)20-16(22)10-21-7-5-4-6-15(21)13(3)19/h8-9,13,15H,4-7,10,19H2,1-3H3,(H,20,22). The molecule has 0 bridgehead atoms. The van der Waals surface area contributed by atoms with E-state index in [-0.39, 0.29) is 18.0 Å². The van der Waals surface area contributed by atoms with Crippen LogP contribution in [0.15, 0.2) is 12.1 Å². The van der Waals surface area contributed by atoms with Crippen LogP contribution in [0.2, 0.25) is 5.02 Å². The number of piperidine rings is 1. The maximum absolute atomic E-state index is 12.4. The Morgan fingerprint density at radius 2 is 2.18 bits per heavy atom. The average Bonchev–Trinajstić information content (AvgIpc) is 2.43. The van der Waals surface area contributed by atoms with Crippen molar-refractivity contribution in [3.05, 3.63) is 28.3 Å². The first-order valence-electron chi connectivity index (χ1n) is 7.94. The van der Waals surface area contributed by atoms with E-state index >= 15 is 0 Å². The number of carbonyl (C=O) groups excluding carboxylic acids is 1. The molecule has 1 aromatic rings. The van der Waals surface area contributed by atoms with Crippen molar-refractivity contribution in [3.8, 4) is 0 Å². The third-order valence-electron chi connectivity index (χ3n) is 4.31. The first-order valence-corrected chi connectivity index (χ1v) is 8.32. The summed E-state index contributed by atoms with van der Waals surface area (Å²) in [5.41, 5.74) is 8.85. The van der Waals surface area contributed by atoms with E-state index in [1.807, 2.05) is 32.9 Å². The third kappa shape index (κ3) is 4.22. The van der Waals surface area contributed by atoms with E-state index in [9.17, 15) is 4.79 Å². The number of anilines is 1. The van der Waals surface area contributed by atoms with Crippen molar-refractivity contribution in [1.29, 1.82) is 0 Å². The second-order valence-corrected chi connectivity index (χ2v) is 6.79. The molecule has 1 fully saturated rings. The monoisotopic (exact) mass is 323 g/mol. The Morgan fingerprint density at radius 1 is 1.45 bits per heavy atom. The summed E-state index contributed by atoms with van der Waals surface area (Å²) in [6.07, 6.45) is 3.38. The van der Waals surface area contributed by atoms with Gasteiger partial charge in [0.2, 0.25) is 5.91 Å². The minimum Gasteiger partial charge on any atom is -0.327 e. The molecule has 0 radical (unpaired) electrons. The Hall–Kier alpha value is -1.10. The van der Waals surface area contributed by atoms with Crippen molar-refractivity contribution in [2.75, 3.05) is 18.4 Å². The molecule has 0 aliphatic carbocycles. The summed E-state index contributed by atoms with van der Waals surface area (Å²) >= 11 is 6.25. The van der Waals surface area contributed by atoms with Gasteiger partial charge in [0.05, 0.1) is 17.3 Å². The fraction of sp³-hybridized carbons (Fsp3) is 0.588. The highest BCUT2D eigenvalue weighted by Gasteiger charge is 2.27. The molecule has 4 nitrogen and oxygen atoms in total. The molecule has 1 heterocycles. The van der Waals surface area contributed by atoms with Crippen LogP contribution >= 0.6 is 11.6 Å². The lowest BCUT2D eigenvalue weighted by Crippen LogP contribution is -2.51. The van der Waals surface area contributed by atoms with Crippen LogP contribution in [0.25, 0.3) is 0 Å². The fourth-order valence-corrected chi connectivity index (χ4v) is 3.61. The molecule has 1 amide bonds. The maximum atomic E-state index is 12.4. The van der Waals surface area contributed by atoms with Crippen molar-refractivity contribution in [2.24, 2.45) is 5.73 Å². The van der Waals surface area contributed by atoms with Gasteiger partial charge in [-0.2, -0.15) is 0 Å². The molecule has 0 spiro atoms. The molecule has 1 aromatic carbocycles. The first-order chi connectivity index (χ1) is 10.4. The van der Waals surface area contributed by atoms with Gasteiger partial charge in [0, 0.05) is 12.1 Å². The summed E-state index contributed by atoms with van der Waals surface area (Å²) in [5.74, 6) is -0.0265. The lowest BCUT2D eigenvalue weighted by molar-refractivity contribution is -0.118. The van der Waals surface area contributed by atoms with Crippen molar-refractivity contribution >= 4 is 23.2 Å². The number of carbonyl (C=O) groups is 1. The summed E-state index contributed by atoms with van der Waals surface area (Å²) in [7, 11) is 0. The number of likely N-dealkylation sites (tertiary alicyclic amines) is 1. The number of rotatable bonds is 4. The number of nitrogens with two attached hydrogens (primary N) is 1. The molecule has 2 atom stereocenters. The van der Waals surface area contributed by atoms with Crippen LogP contribution in [0.5, 0.6) is 0 Å². The average molecular weight is 324 g/mol. The molecule has 2 rings (SSSR count). The van der Waals surface area contributed by atoms with E-state index in [2.05, 4.69) is 10.2 Å². The zero-order chi connectivity index (χ0) is 16.3. The molecule has 3 N–H and O–H groups in total. The SMILES string of the molecule is Cc1cc(C)c(NC(=O)CN2CCCCC2C(C)N)c(Cl)c1. The molecule has 0 saturated carbocycles. The van der Waals surface area contributed by atoms with Gasteiger partial charge in [0.15, 0.2) is 0 Å². The molecular weight excluding hydrogens is 298 g/mol. The fourth-order valence-electron chi connectivity index (χ4n) is 3.25. The topological polar surface area (TPSA) is 58.4 Å². The Kier molecular flexibility index (Phi) is 5.84. The smallest absolute Gasteiger partial charge is 0.238 e. The van der Waals surface area contributed by atoms with Crippen molar-refractivity contribution in [3.63, 3.8) is 0 Å². The van der Waals surface area contributed by atoms with Crippen LogP contribution in [0, 0.1) is 13.8 Å². The predicted octanol–water partition coefficient (Wildman–Crippen LogP) is 3.10. The Balaban J connectivity index is 2.03. The van der Waals surface area contributed by atoms with Gasteiger partial charge in [0.25, 0.3) is 0 Å². The maximum Gasteiger partial charge on any atom is 0.238 e. The Labute approximate surface area is 138 Å². The Bertz CT molecular complexity index is 522. The van der Waals surface area contributed by atoms with Gasteiger partial charge < -0.3 is 11.1 Å². The van der Waals surface area contributed by atoms with Crippen LogP contribution < -0.4 is 11.1 Å². The van der Waals surface area contributed by atoms with Gasteiger partial charge in [-0.25, -0.2) is 0 Å². The highest BCUT2D eigenvalue weighted by molar-refractivity contribution is 6.34. The van der Waals surface area contributed by atoms with E-state index in [1.54, 1.807) is 0 Å². The van der Waals surface area contributed by atoms with Gasteiger partial charge in [-0.3, -0.25) is 9.69 Å². The first kappa shape index (κ1) is 17.3. The highest BCUT2D eigenvalue weighted by Crippen LogP contribution is 2.27. The molecule has 1 aliphatic rings. The second kappa shape index (κ2) is 7.44. The van der Waals surface area contributed by atoms with E-state index in [0.29, 0.717) is 17.3 Å². The second-order valence-electron chi connectivity index (χ2n) is 6.38. The number of hydrogen-bond donors (Lipinski definition) is 2. The van der Waals surface area contributed by atoms with Gasteiger partial charge in [-0.05, 0) is 57.4 Å². The zero-order valence-corrected chi connectivity index (χ0v) is 14.4. The zero-order valence-electron chi connectivity index (χ0n) is 13.7.